The zero-order valence-corrected chi connectivity index (χ0v) is 8.65. The number of halogens is 1. The molecule has 0 aromatic rings. The van der Waals surface area contributed by atoms with Gasteiger partial charge in [-0.2, -0.15) is 0 Å². The van der Waals surface area contributed by atoms with Crippen LogP contribution in [0.4, 0.5) is 0 Å². The molecule has 0 saturated carbocycles. The van der Waals surface area contributed by atoms with Crippen LogP contribution >= 0.6 is 15.9 Å². The average Bonchev–Trinajstić information content (AvgIpc) is 1.91. The van der Waals surface area contributed by atoms with E-state index in [9.17, 15) is 0 Å². The third-order valence-electron chi connectivity index (χ3n) is 1.96. The summed E-state index contributed by atoms with van der Waals surface area (Å²) < 4.78 is 5.07. The summed E-state index contributed by atoms with van der Waals surface area (Å²) in [7, 11) is 1.76. The second-order valence-corrected chi connectivity index (χ2v) is 3.40. The van der Waals surface area contributed by atoms with Gasteiger partial charge in [0.05, 0.1) is 0 Å². The van der Waals surface area contributed by atoms with E-state index in [1.165, 1.54) is 6.42 Å². The van der Waals surface area contributed by atoms with Crippen molar-refractivity contribution in [2.75, 3.05) is 19.0 Å². The molecule has 0 aliphatic heterocycles. The van der Waals surface area contributed by atoms with Gasteiger partial charge in [-0.05, 0) is 11.8 Å². The Hall–Kier alpha value is 0.440. The highest BCUT2D eigenvalue weighted by Gasteiger charge is 2.12. The van der Waals surface area contributed by atoms with Crippen LogP contribution in [-0.2, 0) is 4.74 Å². The highest BCUT2D eigenvalue weighted by molar-refractivity contribution is 9.09. The Balaban J connectivity index is 3.53. The van der Waals surface area contributed by atoms with Crippen LogP contribution in [-0.4, -0.2) is 19.0 Å². The summed E-state index contributed by atoms with van der Waals surface area (Å²) in [5.41, 5.74) is 0. The Morgan fingerprint density at radius 1 is 1.50 bits per heavy atom. The molecule has 0 aromatic heterocycles. The lowest BCUT2D eigenvalue weighted by molar-refractivity contribution is 0.134. The van der Waals surface area contributed by atoms with E-state index in [-0.39, 0.29) is 0 Å². The van der Waals surface area contributed by atoms with Gasteiger partial charge in [-0.15, -0.1) is 0 Å². The average molecular weight is 209 g/mol. The van der Waals surface area contributed by atoms with Gasteiger partial charge < -0.3 is 4.74 Å². The molecule has 10 heavy (non-hydrogen) atoms. The standard InChI is InChI=1S/C8H17BrO/c1-4-8(5-9)7(2)6-10-3/h7-8H,4-6H2,1-3H3. The lowest BCUT2D eigenvalue weighted by Gasteiger charge is -2.18. The number of methoxy groups -OCH3 is 1. The lowest BCUT2D eigenvalue weighted by atomic mass is 9.94. The minimum Gasteiger partial charge on any atom is -0.384 e. The van der Waals surface area contributed by atoms with Crippen LogP contribution in [0.15, 0.2) is 0 Å². The first-order valence-corrected chi connectivity index (χ1v) is 4.93. The second kappa shape index (κ2) is 6.17. The Labute approximate surface area is 72.3 Å². The number of hydrogen-bond donors (Lipinski definition) is 0. The molecule has 0 spiro atoms. The predicted octanol–water partition coefficient (Wildman–Crippen LogP) is 2.69. The molecule has 0 fully saturated rings. The fraction of sp³-hybridized carbons (Fsp3) is 1.00. The van der Waals surface area contributed by atoms with Crippen molar-refractivity contribution >= 4 is 15.9 Å². The van der Waals surface area contributed by atoms with E-state index >= 15 is 0 Å². The Bertz CT molecular complexity index is 71.7. The minimum atomic E-state index is 0.675. The van der Waals surface area contributed by atoms with E-state index < -0.39 is 0 Å². The maximum atomic E-state index is 5.07. The molecule has 2 heteroatoms. The molecule has 0 aliphatic rings. The molecule has 62 valence electrons. The predicted molar refractivity (Wildman–Crippen MR) is 48.6 cm³/mol. The van der Waals surface area contributed by atoms with Crippen molar-refractivity contribution in [1.82, 2.24) is 0 Å². The van der Waals surface area contributed by atoms with Gasteiger partial charge in [0.1, 0.15) is 0 Å². The van der Waals surface area contributed by atoms with Crippen LogP contribution < -0.4 is 0 Å². The Kier molecular flexibility index (Phi) is 6.44. The van der Waals surface area contributed by atoms with Crippen molar-refractivity contribution in [2.45, 2.75) is 20.3 Å². The van der Waals surface area contributed by atoms with Gasteiger partial charge in [0.15, 0.2) is 0 Å². The second-order valence-electron chi connectivity index (χ2n) is 2.76. The Morgan fingerprint density at radius 2 is 2.10 bits per heavy atom. The van der Waals surface area contributed by atoms with Crippen LogP contribution in [0, 0.1) is 11.8 Å². The van der Waals surface area contributed by atoms with Crippen molar-refractivity contribution < 1.29 is 4.74 Å². The maximum absolute atomic E-state index is 5.07. The van der Waals surface area contributed by atoms with Gasteiger partial charge in [-0.3, -0.25) is 0 Å². The zero-order valence-electron chi connectivity index (χ0n) is 7.06. The minimum absolute atomic E-state index is 0.675. The smallest absolute Gasteiger partial charge is 0.0490 e. The van der Waals surface area contributed by atoms with E-state index in [0.29, 0.717) is 5.92 Å². The molecule has 0 bridgehead atoms. The normalized spacial score (nSPS) is 16.8. The largest absolute Gasteiger partial charge is 0.384 e. The van der Waals surface area contributed by atoms with E-state index in [2.05, 4.69) is 29.8 Å². The van der Waals surface area contributed by atoms with Crippen molar-refractivity contribution in [2.24, 2.45) is 11.8 Å². The monoisotopic (exact) mass is 208 g/mol. The molecule has 0 amide bonds. The number of alkyl halides is 1. The summed E-state index contributed by atoms with van der Waals surface area (Å²) in [6.07, 6.45) is 1.23. The first kappa shape index (κ1) is 10.4. The van der Waals surface area contributed by atoms with Crippen LogP contribution in [0.3, 0.4) is 0 Å². The molecule has 0 N–H and O–H groups in total. The molecule has 2 atom stereocenters. The fourth-order valence-corrected chi connectivity index (χ4v) is 2.16. The highest BCUT2D eigenvalue weighted by Crippen LogP contribution is 2.17. The van der Waals surface area contributed by atoms with Crippen molar-refractivity contribution in [3.8, 4) is 0 Å². The van der Waals surface area contributed by atoms with Crippen molar-refractivity contribution in [3.05, 3.63) is 0 Å². The van der Waals surface area contributed by atoms with E-state index in [1.54, 1.807) is 7.11 Å². The third kappa shape index (κ3) is 3.57. The topological polar surface area (TPSA) is 9.23 Å². The van der Waals surface area contributed by atoms with Gasteiger partial charge in [0.2, 0.25) is 0 Å². The van der Waals surface area contributed by atoms with Gasteiger partial charge in [-0.25, -0.2) is 0 Å². The van der Waals surface area contributed by atoms with Crippen LogP contribution in [0.5, 0.6) is 0 Å². The van der Waals surface area contributed by atoms with Crippen LogP contribution in [0.1, 0.15) is 20.3 Å². The SMILES string of the molecule is CCC(CBr)C(C)COC. The van der Waals surface area contributed by atoms with E-state index in [4.69, 9.17) is 4.74 Å². The molecule has 2 unspecified atom stereocenters. The summed E-state index contributed by atoms with van der Waals surface area (Å²) in [6, 6.07) is 0. The van der Waals surface area contributed by atoms with Gasteiger partial charge in [-0.1, -0.05) is 36.2 Å². The third-order valence-corrected chi connectivity index (χ3v) is 2.79. The molecular weight excluding hydrogens is 192 g/mol. The molecule has 0 rings (SSSR count). The molecular formula is C8H17BrO. The summed E-state index contributed by atoms with van der Waals surface area (Å²) in [6.45, 7) is 5.33. The van der Waals surface area contributed by atoms with Crippen molar-refractivity contribution in [3.63, 3.8) is 0 Å². The summed E-state index contributed by atoms with van der Waals surface area (Å²) in [5, 5.41) is 1.09. The Morgan fingerprint density at radius 3 is 2.40 bits per heavy atom. The highest BCUT2D eigenvalue weighted by atomic mass is 79.9. The lowest BCUT2D eigenvalue weighted by Crippen LogP contribution is -2.16. The van der Waals surface area contributed by atoms with Gasteiger partial charge in [0.25, 0.3) is 0 Å². The number of ether oxygens (including phenoxy) is 1. The summed E-state index contributed by atoms with van der Waals surface area (Å²) >= 11 is 3.49. The van der Waals surface area contributed by atoms with Gasteiger partial charge >= 0.3 is 0 Å². The molecule has 0 heterocycles. The number of hydrogen-bond acceptors (Lipinski definition) is 1. The van der Waals surface area contributed by atoms with Crippen LogP contribution in [0.25, 0.3) is 0 Å². The molecule has 0 aromatic carbocycles. The molecule has 0 saturated heterocycles. The quantitative estimate of drug-likeness (QED) is 0.632. The van der Waals surface area contributed by atoms with Crippen LogP contribution in [0.2, 0.25) is 0 Å². The van der Waals surface area contributed by atoms with E-state index in [1.807, 2.05) is 0 Å². The summed E-state index contributed by atoms with van der Waals surface area (Å²) in [5.74, 6) is 1.44. The molecule has 0 aliphatic carbocycles. The van der Waals surface area contributed by atoms with E-state index in [0.717, 1.165) is 17.9 Å². The van der Waals surface area contributed by atoms with Gasteiger partial charge in [0, 0.05) is 19.0 Å². The zero-order chi connectivity index (χ0) is 7.98. The first-order valence-electron chi connectivity index (χ1n) is 3.81. The molecule has 0 radical (unpaired) electrons. The first-order chi connectivity index (χ1) is 4.76. The maximum Gasteiger partial charge on any atom is 0.0490 e. The number of rotatable bonds is 5. The summed E-state index contributed by atoms with van der Waals surface area (Å²) in [4.78, 5) is 0. The molecule has 1 nitrogen and oxygen atoms in total. The van der Waals surface area contributed by atoms with Crippen molar-refractivity contribution in [1.29, 1.82) is 0 Å². The fourth-order valence-electron chi connectivity index (χ4n) is 1.06.